The highest BCUT2D eigenvalue weighted by Crippen LogP contribution is 2.28. The van der Waals surface area contributed by atoms with E-state index in [0.717, 1.165) is 5.56 Å². The van der Waals surface area contributed by atoms with E-state index >= 15 is 0 Å². The van der Waals surface area contributed by atoms with Crippen molar-refractivity contribution < 1.29 is 18.4 Å². The molecule has 2 aromatic rings. The third-order valence-electron chi connectivity index (χ3n) is 6.04. The molecule has 8 nitrogen and oxygen atoms in total. The summed E-state index contributed by atoms with van der Waals surface area (Å²) < 4.78 is 29.1. The molecule has 180 valence electrons. The van der Waals surface area contributed by atoms with Crippen molar-refractivity contribution in [2.75, 3.05) is 6.54 Å². The quantitative estimate of drug-likeness (QED) is 0.498. The van der Waals surface area contributed by atoms with Crippen LogP contribution in [0.15, 0.2) is 53.6 Å². The maximum absolute atomic E-state index is 14.8. The number of carbonyl (C=O) groups is 2. The molecule has 1 fully saturated rings. The van der Waals surface area contributed by atoms with Crippen LogP contribution in [0.1, 0.15) is 55.3 Å². The van der Waals surface area contributed by atoms with Crippen molar-refractivity contribution in [2.24, 2.45) is 5.10 Å². The number of nitrogens with one attached hydrogen (secondary N) is 4. The highest BCUT2D eigenvalue weighted by molar-refractivity contribution is 6.01. The zero-order valence-electron chi connectivity index (χ0n) is 19.0. The summed E-state index contributed by atoms with van der Waals surface area (Å²) in [5.41, 5.74) is 9.56. The Labute approximate surface area is 196 Å². The van der Waals surface area contributed by atoms with Crippen LogP contribution in [0.4, 0.5) is 8.78 Å². The Balaban J connectivity index is 1.57. The first-order valence-electron chi connectivity index (χ1n) is 11.2. The molecule has 0 radical (unpaired) electrons. The number of hydrazine groups is 2. The minimum absolute atomic E-state index is 0.0164. The molecule has 0 saturated carbocycles. The second-order valence-corrected chi connectivity index (χ2v) is 8.78. The van der Waals surface area contributed by atoms with E-state index in [1.807, 2.05) is 44.2 Å². The van der Waals surface area contributed by atoms with Gasteiger partial charge in [0.25, 0.3) is 0 Å². The number of halogens is 2. The molecule has 0 spiro atoms. The number of amides is 2. The van der Waals surface area contributed by atoms with Gasteiger partial charge in [-0.2, -0.15) is 0 Å². The zero-order chi connectivity index (χ0) is 24.2. The summed E-state index contributed by atoms with van der Waals surface area (Å²) in [5, 5.41) is 6.79. The molecular formula is C24H28F2N6O2. The molecule has 4 rings (SSSR count). The topological polar surface area (TPSA) is 97.9 Å². The maximum Gasteiger partial charge on any atom is 0.243 e. The highest BCUT2D eigenvalue weighted by atomic mass is 19.1. The van der Waals surface area contributed by atoms with Gasteiger partial charge in [0.05, 0.1) is 19.0 Å². The summed E-state index contributed by atoms with van der Waals surface area (Å²) >= 11 is 0. The normalized spacial score (nSPS) is 20.5. The summed E-state index contributed by atoms with van der Waals surface area (Å²) in [6.45, 7) is 3.65. The van der Waals surface area contributed by atoms with Crippen LogP contribution in [0.3, 0.4) is 0 Å². The number of carbonyl (C=O) groups excluding carboxylic acids is 2. The van der Waals surface area contributed by atoms with Crippen molar-refractivity contribution >= 4 is 17.6 Å². The van der Waals surface area contributed by atoms with Crippen LogP contribution in [-0.2, 0) is 9.59 Å². The molecular weight excluding hydrogens is 442 g/mol. The largest absolute Gasteiger partial charge is 0.343 e. The Kier molecular flexibility index (Phi) is 7.06. The molecule has 2 aliphatic heterocycles. The van der Waals surface area contributed by atoms with Gasteiger partial charge in [-0.05, 0) is 28.7 Å². The van der Waals surface area contributed by atoms with Crippen LogP contribution in [0.5, 0.6) is 0 Å². The van der Waals surface area contributed by atoms with Crippen LogP contribution in [-0.4, -0.2) is 41.3 Å². The number of likely N-dealkylation sites (tertiary alicyclic amines) is 1. The molecule has 2 heterocycles. The van der Waals surface area contributed by atoms with Crippen molar-refractivity contribution in [2.45, 2.75) is 50.9 Å². The lowest BCUT2D eigenvalue weighted by atomic mass is 9.94. The molecule has 1 saturated heterocycles. The highest BCUT2D eigenvalue weighted by Gasteiger charge is 2.40. The van der Waals surface area contributed by atoms with Crippen LogP contribution in [0.2, 0.25) is 0 Å². The number of amidine groups is 1. The lowest BCUT2D eigenvalue weighted by molar-refractivity contribution is -0.137. The van der Waals surface area contributed by atoms with Gasteiger partial charge in [-0.3, -0.25) is 15.0 Å². The molecule has 0 aromatic heterocycles. The molecule has 34 heavy (non-hydrogen) atoms. The standard InChI is InChI=1S/C24H28F2N6O2/c1-14(2)18-9-8-16(10-19(18)26)23(15-6-4-3-5-7-15)27-24(34)20-11-17(25)13-32(20)22(33)12-21-28-30-31-29-21/h3-10,14,17,20,23,30-31H,11-13H2,1-2H3,(H,27,34)(H,28,29)/t17-,20+,23+/m1/s1. The summed E-state index contributed by atoms with van der Waals surface area (Å²) in [6.07, 6.45) is -1.52. The van der Waals surface area contributed by atoms with E-state index in [4.69, 9.17) is 0 Å². The summed E-state index contributed by atoms with van der Waals surface area (Å²) in [7, 11) is 0. The lowest BCUT2D eigenvalue weighted by Gasteiger charge is -2.27. The van der Waals surface area contributed by atoms with Crippen LogP contribution in [0, 0.1) is 5.82 Å². The van der Waals surface area contributed by atoms with Gasteiger partial charge in [-0.25, -0.2) is 14.3 Å². The number of alkyl halides is 1. The summed E-state index contributed by atoms with van der Waals surface area (Å²) in [5.74, 6) is -0.901. The van der Waals surface area contributed by atoms with E-state index in [-0.39, 0.29) is 31.1 Å². The molecule has 0 unspecified atom stereocenters. The molecule has 4 N–H and O–H groups in total. The lowest BCUT2D eigenvalue weighted by Crippen LogP contribution is -2.48. The first kappa shape index (κ1) is 23.6. The zero-order valence-corrected chi connectivity index (χ0v) is 19.0. The van der Waals surface area contributed by atoms with Gasteiger partial charge in [0.1, 0.15) is 23.9 Å². The van der Waals surface area contributed by atoms with Crippen molar-refractivity contribution in [1.29, 1.82) is 0 Å². The first-order chi connectivity index (χ1) is 16.3. The minimum atomic E-state index is -1.31. The molecule has 2 aliphatic rings. The molecule has 2 aromatic carbocycles. The smallest absolute Gasteiger partial charge is 0.243 e. The predicted molar refractivity (Wildman–Crippen MR) is 123 cm³/mol. The number of rotatable bonds is 7. The maximum atomic E-state index is 14.8. The predicted octanol–water partition coefficient (Wildman–Crippen LogP) is 2.41. The van der Waals surface area contributed by atoms with Crippen LogP contribution < -0.4 is 21.8 Å². The monoisotopic (exact) mass is 470 g/mol. The van der Waals surface area contributed by atoms with Crippen LogP contribution >= 0.6 is 0 Å². The summed E-state index contributed by atoms with van der Waals surface area (Å²) in [4.78, 5) is 27.4. The van der Waals surface area contributed by atoms with Crippen molar-refractivity contribution in [1.82, 2.24) is 26.7 Å². The van der Waals surface area contributed by atoms with E-state index in [1.165, 1.54) is 11.0 Å². The molecule has 0 bridgehead atoms. The molecule has 3 atom stereocenters. The average molecular weight is 471 g/mol. The second kappa shape index (κ2) is 10.2. The Hall–Kier alpha value is -3.53. The minimum Gasteiger partial charge on any atom is -0.343 e. The fourth-order valence-electron chi connectivity index (χ4n) is 4.30. The van der Waals surface area contributed by atoms with Crippen molar-refractivity contribution in [3.05, 3.63) is 71.0 Å². The van der Waals surface area contributed by atoms with E-state index in [9.17, 15) is 18.4 Å². The number of benzene rings is 2. The van der Waals surface area contributed by atoms with Gasteiger partial charge >= 0.3 is 0 Å². The fraction of sp³-hybridized carbons (Fsp3) is 0.375. The SMILES string of the molecule is CC(C)c1ccc([C@@H](NC(=O)[C@@H]2C[C@@H](F)CN2C(=O)CC2=NNNN2)c2ccccc2)cc1F. The second-order valence-electron chi connectivity index (χ2n) is 8.78. The van der Waals surface area contributed by atoms with Gasteiger partial charge in [-0.1, -0.05) is 56.3 Å². The number of hydrogen-bond acceptors (Lipinski definition) is 6. The van der Waals surface area contributed by atoms with E-state index in [0.29, 0.717) is 17.0 Å². The third-order valence-corrected chi connectivity index (χ3v) is 6.04. The van der Waals surface area contributed by atoms with Crippen molar-refractivity contribution in [3.63, 3.8) is 0 Å². The number of nitrogens with zero attached hydrogens (tertiary/aromatic N) is 2. The van der Waals surface area contributed by atoms with E-state index in [2.05, 4.69) is 26.9 Å². The fourth-order valence-corrected chi connectivity index (χ4v) is 4.30. The van der Waals surface area contributed by atoms with E-state index < -0.39 is 30.1 Å². The van der Waals surface area contributed by atoms with Gasteiger partial charge < -0.3 is 10.2 Å². The van der Waals surface area contributed by atoms with Crippen LogP contribution in [0.25, 0.3) is 0 Å². The molecule has 0 aliphatic carbocycles. The average Bonchev–Trinajstić information content (AvgIpc) is 3.47. The molecule has 2 amide bonds. The Morgan fingerprint density at radius 1 is 1.18 bits per heavy atom. The van der Waals surface area contributed by atoms with Crippen molar-refractivity contribution in [3.8, 4) is 0 Å². The van der Waals surface area contributed by atoms with Gasteiger partial charge in [0.2, 0.25) is 11.8 Å². The number of hydrogen-bond donors (Lipinski definition) is 4. The van der Waals surface area contributed by atoms with Gasteiger partial charge in [0, 0.05) is 6.42 Å². The Morgan fingerprint density at radius 3 is 2.59 bits per heavy atom. The van der Waals surface area contributed by atoms with Gasteiger partial charge in [-0.15, -0.1) is 10.6 Å². The Bertz CT molecular complexity index is 1080. The number of hydrazone groups is 1. The molecule has 10 heteroatoms. The first-order valence-corrected chi connectivity index (χ1v) is 11.2. The Morgan fingerprint density at radius 2 is 1.94 bits per heavy atom. The van der Waals surface area contributed by atoms with E-state index in [1.54, 1.807) is 12.1 Å². The summed E-state index contributed by atoms with van der Waals surface area (Å²) in [6, 6.07) is 12.5. The van der Waals surface area contributed by atoms with Gasteiger partial charge in [0.15, 0.2) is 0 Å². The third kappa shape index (κ3) is 5.17.